The zero-order valence-electron chi connectivity index (χ0n) is 16.2. The molecule has 3 unspecified atom stereocenters. The molecule has 1 aromatic heterocycles. The van der Waals surface area contributed by atoms with E-state index in [0.717, 1.165) is 41.5 Å². The van der Waals surface area contributed by atoms with Crippen molar-refractivity contribution in [3.8, 4) is 0 Å². The largest absolute Gasteiger partial charge is 0.358 e. The lowest BCUT2D eigenvalue weighted by Crippen LogP contribution is -2.36. The number of hydrogen-bond acceptors (Lipinski definition) is 3. The molecule has 1 aliphatic carbocycles. The van der Waals surface area contributed by atoms with E-state index in [1.807, 2.05) is 23.9 Å². The topological polar surface area (TPSA) is 70.9 Å². The Kier molecular flexibility index (Phi) is 5.74. The molecule has 1 heterocycles. The second-order valence-corrected chi connectivity index (χ2v) is 8.69. The lowest BCUT2D eigenvalue weighted by Gasteiger charge is -2.33. The van der Waals surface area contributed by atoms with Gasteiger partial charge in [0.15, 0.2) is 0 Å². The maximum absolute atomic E-state index is 12.5. The number of nitrogens with two attached hydrogens (primary N) is 1. The van der Waals surface area contributed by atoms with Crippen LogP contribution in [0.3, 0.4) is 0 Å². The number of H-pyrrole nitrogens is 1. The highest BCUT2D eigenvalue weighted by Gasteiger charge is 2.38. The SMILES string of the molecule is CCCSC(c1ccccc1)C1CCC(C(=O)NN)c2c1[nH]c1ccccc21. The van der Waals surface area contributed by atoms with E-state index in [9.17, 15) is 4.79 Å². The monoisotopic (exact) mass is 393 g/mol. The minimum Gasteiger partial charge on any atom is -0.358 e. The molecule has 0 spiro atoms. The number of hydrazine groups is 1. The van der Waals surface area contributed by atoms with Crippen LogP contribution in [0.5, 0.6) is 0 Å². The van der Waals surface area contributed by atoms with E-state index in [0.29, 0.717) is 11.2 Å². The van der Waals surface area contributed by atoms with Gasteiger partial charge in [-0.1, -0.05) is 55.5 Å². The van der Waals surface area contributed by atoms with Crippen LogP contribution >= 0.6 is 11.8 Å². The van der Waals surface area contributed by atoms with Crippen molar-refractivity contribution in [1.82, 2.24) is 10.4 Å². The molecule has 28 heavy (non-hydrogen) atoms. The zero-order valence-corrected chi connectivity index (χ0v) is 17.0. The van der Waals surface area contributed by atoms with Gasteiger partial charge in [0.2, 0.25) is 5.91 Å². The molecule has 4 nitrogen and oxygen atoms in total. The first kappa shape index (κ1) is 19.1. The normalized spacial score (nSPS) is 19.9. The molecule has 0 radical (unpaired) electrons. The van der Waals surface area contributed by atoms with Gasteiger partial charge < -0.3 is 4.98 Å². The molecule has 1 amide bonds. The second-order valence-electron chi connectivity index (χ2n) is 7.45. The van der Waals surface area contributed by atoms with Gasteiger partial charge in [0.1, 0.15) is 0 Å². The number of carbonyl (C=O) groups is 1. The number of hydrogen-bond donors (Lipinski definition) is 3. The Morgan fingerprint density at radius 1 is 1.18 bits per heavy atom. The molecule has 3 aromatic rings. The maximum Gasteiger partial charge on any atom is 0.241 e. The van der Waals surface area contributed by atoms with Gasteiger partial charge in [0, 0.05) is 27.8 Å². The highest BCUT2D eigenvalue weighted by molar-refractivity contribution is 7.99. The average Bonchev–Trinajstić information content (AvgIpc) is 3.14. The molecular formula is C23H27N3OS. The van der Waals surface area contributed by atoms with Gasteiger partial charge in [-0.3, -0.25) is 10.2 Å². The Morgan fingerprint density at radius 3 is 2.68 bits per heavy atom. The summed E-state index contributed by atoms with van der Waals surface area (Å²) in [6.45, 7) is 2.23. The molecule has 0 bridgehead atoms. The fourth-order valence-corrected chi connectivity index (χ4v) is 5.83. The Labute approximate surface area is 170 Å². The lowest BCUT2D eigenvalue weighted by atomic mass is 9.76. The number of thioether (sulfide) groups is 1. The average molecular weight is 394 g/mol. The number of aromatic amines is 1. The summed E-state index contributed by atoms with van der Waals surface area (Å²) < 4.78 is 0. The van der Waals surface area contributed by atoms with Crippen molar-refractivity contribution >= 4 is 28.6 Å². The molecular weight excluding hydrogens is 366 g/mol. The van der Waals surface area contributed by atoms with Crippen LogP contribution in [0.2, 0.25) is 0 Å². The summed E-state index contributed by atoms with van der Waals surface area (Å²) in [5.41, 5.74) is 7.18. The molecule has 0 saturated carbocycles. The Bertz CT molecular complexity index is 953. The van der Waals surface area contributed by atoms with Crippen molar-refractivity contribution in [2.45, 2.75) is 43.3 Å². The Hall–Kier alpha value is -2.24. The minimum atomic E-state index is -0.194. The molecule has 146 valence electrons. The van der Waals surface area contributed by atoms with E-state index in [4.69, 9.17) is 5.84 Å². The first-order valence-corrected chi connectivity index (χ1v) is 11.1. The molecule has 0 fully saturated rings. The van der Waals surface area contributed by atoms with E-state index in [2.05, 4.69) is 59.8 Å². The van der Waals surface area contributed by atoms with Gasteiger partial charge in [-0.2, -0.15) is 11.8 Å². The van der Waals surface area contributed by atoms with Crippen LogP contribution in [0, 0.1) is 0 Å². The number of para-hydroxylation sites is 1. The van der Waals surface area contributed by atoms with Crippen LogP contribution in [-0.4, -0.2) is 16.6 Å². The van der Waals surface area contributed by atoms with Gasteiger partial charge in [0.05, 0.1) is 5.92 Å². The standard InChI is InChI=1S/C23H27N3OS/c1-2-14-28-22(15-8-4-3-5-9-15)18-13-12-17(23(27)26-24)20-16-10-6-7-11-19(16)25-21(18)20/h3-11,17-18,22,25H,2,12-14,24H2,1H3,(H,26,27). The molecule has 0 saturated heterocycles. The van der Waals surface area contributed by atoms with Crippen LogP contribution in [0.25, 0.3) is 10.9 Å². The molecule has 0 aliphatic heterocycles. The third kappa shape index (κ3) is 3.45. The molecule has 4 N–H and O–H groups in total. The summed E-state index contributed by atoms with van der Waals surface area (Å²) >= 11 is 2.02. The number of rotatable bonds is 6. The first-order chi connectivity index (χ1) is 13.7. The van der Waals surface area contributed by atoms with Gasteiger partial charge in [-0.25, -0.2) is 5.84 Å². The molecule has 2 aromatic carbocycles. The van der Waals surface area contributed by atoms with Crippen LogP contribution in [0.4, 0.5) is 0 Å². The first-order valence-electron chi connectivity index (χ1n) is 10.0. The molecule has 4 rings (SSSR count). The summed E-state index contributed by atoms with van der Waals surface area (Å²) in [5.74, 6) is 6.69. The zero-order chi connectivity index (χ0) is 19.5. The number of nitrogens with one attached hydrogen (secondary N) is 2. The predicted octanol–water partition coefficient (Wildman–Crippen LogP) is 5.00. The third-order valence-corrected chi connectivity index (χ3v) is 7.32. The highest BCUT2D eigenvalue weighted by Crippen LogP contribution is 2.51. The summed E-state index contributed by atoms with van der Waals surface area (Å²) in [6.07, 6.45) is 2.94. The quantitative estimate of drug-likeness (QED) is 0.313. The maximum atomic E-state index is 12.5. The van der Waals surface area contributed by atoms with Crippen molar-refractivity contribution < 1.29 is 4.79 Å². The van der Waals surface area contributed by atoms with E-state index in [1.165, 1.54) is 11.3 Å². The predicted molar refractivity (Wildman–Crippen MR) is 117 cm³/mol. The lowest BCUT2D eigenvalue weighted by molar-refractivity contribution is -0.123. The fourth-order valence-electron chi connectivity index (χ4n) is 4.48. The fraction of sp³-hybridized carbons (Fsp3) is 0.348. The van der Waals surface area contributed by atoms with Crippen molar-refractivity contribution in [3.63, 3.8) is 0 Å². The summed E-state index contributed by atoms with van der Waals surface area (Å²) in [6, 6.07) is 19.1. The molecule has 1 aliphatic rings. The highest BCUT2D eigenvalue weighted by atomic mass is 32.2. The van der Waals surface area contributed by atoms with Gasteiger partial charge in [-0.05, 0) is 42.2 Å². The number of carbonyl (C=O) groups excluding carboxylic acids is 1. The van der Waals surface area contributed by atoms with E-state index in [-0.39, 0.29) is 11.8 Å². The van der Waals surface area contributed by atoms with Crippen LogP contribution in [-0.2, 0) is 4.79 Å². The smallest absolute Gasteiger partial charge is 0.241 e. The Morgan fingerprint density at radius 2 is 1.93 bits per heavy atom. The van der Waals surface area contributed by atoms with E-state index in [1.54, 1.807) is 0 Å². The van der Waals surface area contributed by atoms with Gasteiger partial charge in [0.25, 0.3) is 0 Å². The second kappa shape index (κ2) is 8.41. The number of benzene rings is 2. The van der Waals surface area contributed by atoms with Gasteiger partial charge >= 0.3 is 0 Å². The van der Waals surface area contributed by atoms with Crippen LogP contribution < -0.4 is 11.3 Å². The van der Waals surface area contributed by atoms with Crippen LogP contribution in [0.15, 0.2) is 54.6 Å². The summed E-state index contributed by atoms with van der Waals surface area (Å²) in [4.78, 5) is 16.2. The van der Waals surface area contributed by atoms with E-state index < -0.39 is 0 Å². The van der Waals surface area contributed by atoms with Gasteiger partial charge in [-0.15, -0.1) is 0 Å². The van der Waals surface area contributed by atoms with Crippen molar-refractivity contribution in [2.75, 3.05) is 5.75 Å². The van der Waals surface area contributed by atoms with Crippen molar-refractivity contribution in [1.29, 1.82) is 0 Å². The summed E-state index contributed by atoms with van der Waals surface area (Å²) in [7, 11) is 0. The van der Waals surface area contributed by atoms with Crippen molar-refractivity contribution in [3.05, 3.63) is 71.4 Å². The van der Waals surface area contributed by atoms with Crippen molar-refractivity contribution in [2.24, 2.45) is 5.84 Å². The minimum absolute atomic E-state index is 0.0954. The number of aromatic nitrogens is 1. The third-order valence-electron chi connectivity index (χ3n) is 5.72. The molecule has 3 atom stereocenters. The summed E-state index contributed by atoms with van der Waals surface area (Å²) in [5, 5.41) is 1.51. The van der Waals surface area contributed by atoms with Crippen LogP contribution in [0.1, 0.15) is 60.1 Å². The number of fused-ring (bicyclic) bond motifs is 3. The molecule has 5 heteroatoms. The van der Waals surface area contributed by atoms with E-state index >= 15 is 0 Å². The Balaban J connectivity index is 1.83. The number of amides is 1.